The van der Waals surface area contributed by atoms with Gasteiger partial charge in [0.2, 0.25) is 0 Å². The Hall–Kier alpha value is -3.02. The van der Waals surface area contributed by atoms with Crippen molar-refractivity contribution in [3.63, 3.8) is 0 Å². The smallest absolute Gasteiger partial charge is 0.258 e. The fourth-order valence-corrected chi connectivity index (χ4v) is 4.75. The predicted molar refractivity (Wildman–Crippen MR) is 144 cm³/mol. The van der Waals surface area contributed by atoms with Crippen LogP contribution in [0.3, 0.4) is 0 Å². The molecule has 3 rings (SSSR count). The zero-order chi connectivity index (χ0) is 26.2. The molecular weight excluding hydrogens is 452 g/mol. The third kappa shape index (κ3) is 7.74. The largest absolute Gasteiger partial charge is 0.483 e. The number of benzene rings is 2. The summed E-state index contributed by atoms with van der Waals surface area (Å²) in [5.41, 5.74) is 4.37. The van der Waals surface area contributed by atoms with Gasteiger partial charge in [0.25, 0.3) is 11.8 Å². The summed E-state index contributed by atoms with van der Waals surface area (Å²) in [6.07, 6.45) is 3.69. The van der Waals surface area contributed by atoms with Crippen LogP contribution < -0.4 is 20.1 Å². The summed E-state index contributed by atoms with van der Waals surface area (Å²) in [6.45, 7) is 12.4. The zero-order valence-corrected chi connectivity index (χ0v) is 22.6. The van der Waals surface area contributed by atoms with Gasteiger partial charge in [-0.1, -0.05) is 64.8 Å². The van der Waals surface area contributed by atoms with Crippen molar-refractivity contribution < 1.29 is 19.1 Å². The number of ether oxygens (including phenoxy) is 2. The maximum absolute atomic E-state index is 12.8. The molecule has 0 spiro atoms. The Morgan fingerprint density at radius 3 is 1.50 bits per heavy atom. The van der Waals surface area contributed by atoms with Gasteiger partial charge in [-0.15, -0.1) is 0 Å². The highest BCUT2D eigenvalue weighted by Crippen LogP contribution is 2.28. The second-order valence-corrected chi connectivity index (χ2v) is 10.6. The predicted octanol–water partition coefficient (Wildman–Crippen LogP) is 5.55. The molecule has 0 aliphatic heterocycles. The van der Waals surface area contributed by atoms with Crippen LogP contribution in [0.25, 0.3) is 0 Å². The van der Waals surface area contributed by atoms with Crippen LogP contribution in [0.1, 0.15) is 87.5 Å². The molecule has 1 fully saturated rings. The highest BCUT2D eigenvalue weighted by atomic mass is 16.5. The number of carbonyl (C=O) groups is 2. The summed E-state index contributed by atoms with van der Waals surface area (Å²) in [7, 11) is 0. The van der Waals surface area contributed by atoms with Gasteiger partial charge in [0, 0.05) is 12.1 Å². The Bertz CT molecular complexity index is 964. The highest BCUT2D eigenvalue weighted by molar-refractivity contribution is 5.79. The molecule has 0 saturated heterocycles. The third-order valence-corrected chi connectivity index (χ3v) is 6.76. The van der Waals surface area contributed by atoms with Crippen molar-refractivity contribution in [3.05, 3.63) is 58.7 Å². The molecule has 0 heterocycles. The number of aryl methyl sites for hydroxylation is 2. The molecule has 2 aromatic rings. The van der Waals surface area contributed by atoms with Crippen molar-refractivity contribution in [3.8, 4) is 11.5 Å². The maximum atomic E-state index is 12.8. The van der Waals surface area contributed by atoms with E-state index in [1.54, 1.807) is 0 Å². The molecule has 0 radical (unpaired) electrons. The van der Waals surface area contributed by atoms with Crippen LogP contribution in [0.5, 0.6) is 11.5 Å². The van der Waals surface area contributed by atoms with Crippen LogP contribution in [0.4, 0.5) is 0 Å². The molecule has 2 aromatic carbocycles. The first-order valence-corrected chi connectivity index (χ1v) is 13.2. The highest BCUT2D eigenvalue weighted by Gasteiger charge is 2.28. The van der Waals surface area contributed by atoms with E-state index in [1.807, 2.05) is 26.0 Å². The average molecular weight is 495 g/mol. The number of hydrogen-bond acceptors (Lipinski definition) is 4. The Kier molecular flexibility index (Phi) is 9.80. The van der Waals surface area contributed by atoms with Gasteiger partial charge in [0.05, 0.1) is 0 Å². The lowest BCUT2D eigenvalue weighted by Crippen LogP contribution is -2.54. The Labute approximate surface area is 216 Å². The van der Waals surface area contributed by atoms with E-state index in [2.05, 4.69) is 62.6 Å². The molecule has 1 saturated carbocycles. The average Bonchev–Trinajstić information content (AvgIpc) is 2.82. The number of hydrogen-bond donors (Lipinski definition) is 2. The number of nitrogens with one attached hydrogen (secondary N) is 2. The molecule has 2 amide bonds. The van der Waals surface area contributed by atoms with E-state index >= 15 is 0 Å². The second kappa shape index (κ2) is 12.8. The summed E-state index contributed by atoms with van der Waals surface area (Å²) >= 11 is 0. The molecule has 6 heteroatoms. The number of rotatable bonds is 10. The van der Waals surface area contributed by atoms with Gasteiger partial charge in [0.1, 0.15) is 11.5 Å². The molecule has 2 unspecified atom stereocenters. The van der Waals surface area contributed by atoms with Crippen molar-refractivity contribution in [2.24, 2.45) is 0 Å². The van der Waals surface area contributed by atoms with E-state index in [1.165, 1.54) is 0 Å². The lowest BCUT2D eigenvalue weighted by Gasteiger charge is -2.32. The van der Waals surface area contributed by atoms with E-state index in [9.17, 15) is 9.59 Å². The molecule has 0 aromatic heterocycles. The minimum Gasteiger partial charge on any atom is -0.483 e. The topological polar surface area (TPSA) is 76.7 Å². The molecule has 6 nitrogen and oxygen atoms in total. The van der Waals surface area contributed by atoms with E-state index < -0.39 is 0 Å². The molecule has 0 bridgehead atoms. The van der Waals surface area contributed by atoms with Crippen molar-refractivity contribution in [1.29, 1.82) is 0 Å². The normalized spacial score (nSPS) is 17.7. The molecule has 36 heavy (non-hydrogen) atoms. The van der Waals surface area contributed by atoms with Crippen LogP contribution in [-0.4, -0.2) is 37.1 Å². The van der Waals surface area contributed by atoms with E-state index in [0.717, 1.165) is 59.4 Å². The fourth-order valence-electron chi connectivity index (χ4n) is 4.75. The Balaban J connectivity index is 1.54. The molecular formula is C30H42N2O4. The van der Waals surface area contributed by atoms with Gasteiger partial charge in [-0.2, -0.15) is 0 Å². The monoisotopic (exact) mass is 494 g/mol. The number of carbonyl (C=O) groups excluding carboxylic acids is 2. The molecule has 2 atom stereocenters. The van der Waals surface area contributed by atoms with Crippen LogP contribution in [0.2, 0.25) is 0 Å². The van der Waals surface area contributed by atoms with Crippen LogP contribution in [-0.2, 0) is 9.59 Å². The SMILES string of the molecule is Cc1ccc(C(C)C)c(OCC(=O)NC2CCCCC2NC(=O)COc2cc(C)ccc2C(C)C)c1. The van der Waals surface area contributed by atoms with Crippen LogP contribution in [0, 0.1) is 13.8 Å². The van der Waals surface area contributed by atoms with Gasteiger partial charge < -0.3 is 20.1 Å². The molecule has 196 valence electrons. The summed E-state index contributed by atoms with van der Waals surface area (Å²) in [5.74, 6) is 1.77. The molecule has 2 N–H and O–H groups in total. The number of amides is 2. The van der Waals surface area contributed by atoms with Crippen molar-refractivity contribution in [1.82, 2.24) is 10.6 Å². The van der Waals surface area contributed by atoms with Crippen molar-refractivity contribution in [2.45, 2.75) is 91.1 Å². The minimum absolute atomic E-state index is 0.0468. The van der Waals surface area contributed by atoms with Gasteiger partial charge in [-0.25, -0.2) is 0 Å². The van der Waals surface area contributed by atoms with E-state index in [0.29, 0.717) is 11.8 Å². The fraction of sp³-hybridized carbons (Fsp3) is 0.533. The first kappa shape index (κ1) is 27.6. The van der Waals surface area contributed by atoms with Gasteiger partial charge in [-0.3, -0.25) is 9.59 Å². The second-order valence-electron chi connectivity index (χ2n) is 10.6. The lowest BCUT2D eigenvalue weighted by molar-refractivity contribution is -0.127. The van der Waals surface area contributed by atoms with Crippen molar-refractivity contribution >= 4 is 11.8 Å². The van der Waals surface area contributed by atoms with Crippen molar-refractivity contribution in [2.75, 3.05) is 13.2 Å². The summed E-state index contributed by atoms with van der Waals surface area (Å²) in [6, 6.07) is 12.0. The van der Waals surface area contributed by atoms with E-state index in [4.69, 9.17) is 9.47 Å². The summed E-state index contributed by atoms with van der Waals surface area (Å²) in [5, 5.41) is 6.19. The third-order valence-electron chi connectivity index (χ3n) is 6.76. The molecule has 1 aliphatic carbocycles. The van der Waals surface area contributed by atoms with E-state index in [-0.39, 0.29) is 37.1 Å². The first-order valence-electron chi connectivity index (χ1n) is 13.2. The van der Waals surface area contributed by atoms with Crippen LogP contribution >= 0.6 is 0 Å². The van der Waals surface area contributed by atoms with Gasteiger partial charge in [-0.05, 0) is 72.9 Å². The summed E-state index contributed by atoms with van der Waals surface area (Å²) in [4.78, 5) is 25.5. The minimum atomic E-state index is -0.171. The van der Waals surface area contributed by atoms with Gasteiger partial charge in [0.15, 0.2) is 13.2 Å². The molecule has 1 aliphatic rings. The maximum Gasteiger partial charge on any atom is 0.258 e. The summed E-state index contributed by atoms with van der Waals surface area (Å²) < 4.78 is 11.8. The first-order chi connectivity index (χ1) is 17.1. The standard InChI is InChI=1S/C30H42N2O4/c1-19(2)23-13-11-21(5)15-27(23)35-17-29(33)31-25-9-7-8-10-26(25)32-30(34)18-36-28-16-22(6)12-14-24(28)20(3)4/h11-16,19-20,25-26H,7-10,17-18H2,1-6H3,(H,31,33)(H,32,34). The van der Waals surface area contributed by atoms with Crippen LogP contribution in [0.15, 0.2) is 36.4 Å². The quantitative estimate of drug-likeness (QED) is 0.454. The Morgan fingerprint density at radius 2 is 1.14 bits per heavy atom. The Morgan fingerprint density at radius 1 is 0.750 bits per heavy atom. The zero-order valence-electron chi connectivity index (χ0n) is 22.6. The van der Waals surface area contributed by atoms with Gasteiger partial charge >= 0.3 is 0 Å². The lowest BCUT2D eigenvalue weighted by atomic mass is 9.90.